The van der Waals surface area contributed by atoms with Crippen molar-refractivity contribution >= 4 is 11.7 Å². The number of carbonyl (C=O) groups is 1. The zero-order chi connectivity index (χ0) is 21.5. The Kier molecular flexibility index (Phi) is 4.48. The van der Waals surface area contributed by atoms with Gasteiger partial charge in [-0.25, -0.2) is 4.79 Å². The van der Waals surface area contributed by atoms with Gasteiger partial charge in [0.25, 0.3) is 0 Å². The molecule has 1 aromatic heterocycles. The fourth-order valence-corrected chi connectivity index (χ4v) is 4.09. The highest BCUT2D eigenvalue weighted by Crippen LogP contribution is 2.37. The van der Waals surface area contributed by atoms with E-state index in [1.807, 2.05) is 18.2 Å². The Morgan fingerprint density at radius 3 is 2.53 bits per heavy atom. The number of hydrogen-bond donors (Lipinski definition) is 1. The second-order valence-electron chi connectivity index (χ2n) is 7.80. The molecule has 3 aliphatic heterocycles. The fraction of sp³-hybridized carbons (Fsp3) is 0.318. The van der Waals surface area contributed by atoms with Crippen LogP contribution in [0.4, 0.5) is 10.5 Å². The maximum atomic E-state index is 12.8. The number of fused-ring (bicyclic) bond motifs is 2. The molecule has 0 bridgehead atoms. The average molecular weight is 436 g/mol. The van der Waals surface area contributed by atoms with E-state index in [2.05, 4.69) is 15.5 Å². The summed E-state index contributed by atoms with van der Waals surface area (Å²) in [5, 5.41) is 11.4. The van der Waals surface area contributed by atoms with E-state index in [0.29, 0.717) is 53.6 Å². The lowest BCUT2D eigenvalue weighted by molar-refractivity contribution is 0.173. The molecule has 0 saturated carbocycles. The van der Waals surface area contributed by atoms with E-state index in [1.54, 1.807) is 23.1 Å². The number of urea groups is 1. The second-order valence-corrected chi connectivity index (χ2v) is 7.80. The first-order valence-electron chi connectivity index (χ1n) is 10.4. The molecule has 2 aromatic carbocycles. The van der Waals surface area contributed by atoms with Crippen molar-refractivity contribution in [2.45, 2.75) is 18.8 Å². The summed E-state index contributed by atoms with van der Waals surface area (Å²) in [5.74, 6) is 3.58. The van der Waals surface area contributed by atoms with Gasteiger partial charge in [0.2, 0.25) is 25.4 Å². The first-order valence-corrected chi connectivity index (χ1v) is 10.4. The van der Waals surface area contributed by atoms with Gasteiger partial charge in [-0.3, -0.25) is 0 Å². The smallest absolute Gasteiger partial charge is 0.321 e. The monoisotopic (exact) mass is 436 g/mol. The Morgan fingerprint density at radius 1 is 0.938 bits per heavy atom. The molecule has 10 nitrogen and oxygen atoms in total. The molecular formula is C22H20N4O6. The van der Waals surface area contributed by atoms with E-state index in [0.717, 1.165) is 18.4 Å². The van der Waals surface area contributed by atoms with Gasteiger partial charge >= 0.3 is 6.03 Å². The molecule has 1 fully saturated rings. The Bertz CT molecular complexity index is 1180. The van der Waals surface area contributed by atoms with Gasteiger partial charge in [0.1, 0.15) is 0 Å². The zero-order valence-corrected chi connectivity index (χ0v) is 17.1. The summed E-state index contributed by atoms with van der Waals surface area (Å²) in [6.07, 6.45) is 1.72. The van der Waals surface area contributed by atoms with Crippen LogP contribution in [0.15, 0.2) is 40.8 Å². The minimum atomic E-state index is -0.177. The second kappa shape index (κ2) is 7.63. The van der Waals surface area contributed by atoms with Crippen LogP contribution in [0.2, 0.25) is 0 Å². The Hall–Kier alpha value is -3.95. The van der Waals surface area contributed by atoms with E-state index in [9.17, 15) is 4.79 Å². The lowest BCUT2D eigenvalue weighted by atomic mass is 9.98. The number of piperidine rings is 1. The maximum Gasteiger partial charge on any atom is 0.321 e. The number of likely N-dealkylation sites (tertiary alicyclic amines) is 1. The Balaban J connectivity index is 1.14. The molecule has 1 unspecified atom stereocenters. The number of rotatable bonds is 3. The van der Waals surface area contributed by atoms with Crippen molar-refractivity contribution in [3.8, 4) is 34.5 Å². The molecule has 6 rings (SSSR count). The summed E-state index contributed by atoms with van der Waals surface area (Å²) in [6.45, 7) is 1.56. The third-order valence-corrected chi connectivity index (χ3v) is 5.74. The number of hydrogen-bond acceptors (Lipinski definition) is 8. The Morgan fingerprint density at radius 2 is 1.69 bits per heavy atom. The summed E-state index contributed by atoms with van der Waals surface area (Å²) < 4.78 is 27.4. The molecule has 0 aliphatic carbocycles. The predicted octanol–water partition coefficient (Wildman–Crippen LogP) is 3.61. The number of amides is 2. The average Bonchev–Trinajstić information content (AvgIpc) is 3.58. The molecule has 3 aromatic rings. The molecule has 32 heavy (non-hydrogen) atoms. The maximum absolute atomic E-state index is 12.8. The van der Waals surface area contributed by atoms with E-state index < -0.39 is 0 Å². The molecule has 4 heterocycles. The number of ether oxygens (including phenoxy) is 4. The van der Waals surface area contributed by atoms with Gasteiger partial charge in [0.15, 0.2) is 23.0 Å². The van der Waals surface area contributed by atoms with Gasteiger partial charge in [0.05, 0.1) is 5.92 Å². The van der Waals surface area contributed by atoms with Crippen molar-refractivity contribution in [2.75, 3.05) is 32.0 Å². The fourth-order valence-electron chi connectivity index (χ4n) is 4.09. The van der Waals surface area contributed by atoms with E-state index in [4.69, 9.17) is 23.4 Å². The number of benzene rings is 2. The molecule has 164 valence electrons. The van der Waals surface area contributed by atoms with Gasteiger partial charge in [-0.15, -0.1) is 10.2 Å². The molecule has 0 spiro atoms. The third kappa shape index (κ3) is 3.43. The SMILES string of the molecule is O=C(Nc1ccc2c(c1)OCO2)N1CCCC(c2nnc(-c3ccc4c(c3)OCO4)o2)C1. The highest BCUT2D eigenvalue weighted by Gasteiger charge is 2.29. The van der Waals surface area contributed by atoms with Crippen molar-refractivity contribution in [2.24, 2.45) is 0 Å². The van der Waals surface area contributed by atoms with Crippen LogP contribution in [0.5, 0.6) is 23.0 Å². The summed E-state index contributed by atoms with van der Waals surface area (Å²) in [5.41, 5.74) is 1.42. The van der Waals surface area contributed by atoms with Gasteiger partial charge in [0, 0.05) is 30.4 Å². The number of carbonyl (C=O) groups excluding carboxylic acids is 1. The largest absolute Gasteiger partial charge is 0.454 e. The lowest BCUT2D eigenvalue weighted by Gasteiger charge is -2.31. The Labute approximate surface area is 183 Å². The normalized spacial score (nSPS) is 18.6. The highest BCUT2D eigenvalue weighted by molar-refractivity contribution is 5.89. The molecule has 1 saturated heterocycles. The summed E-state index contributed by atoms with van der Waals surface area (Å²) in [4.78, 5) is 14.6. The van der Waals surface area contributed by atoms with Crippen LogP contribution in [-0.4, -0.2) is 47.8 Å². The van der Waals surface area contributed by atoms with Crippen LogP contribution in [-0.2, 0) is 0 Å². The summed E-state index contributed by atoms with van der Waals surface area (Å²) >= 11 is 0. The van der Waals surface area contributed by atoms with Crippen molar-refractivity contribution in [1.29, 1.82) is 0 Å². The summed E-state index contributed by atoms with van der Waals surface area (Å²) in [6, 6.07) is 10.7. The van der Waals surface area contributed by atoms with E-state index in [1.165, 1.54) is 0 Å². The standard InChI is InChI=1S/C22H20N4O6/c27-22(23-15-4-6-17-19(9-15)31-12-29-17)26-7-1-2-14(10-26)21-25-24-20(32-21)13-3-5-16-18(8-13)30-11-28-16/h3-6,8-9,14H,1-2,7,10-12H2,(H,23,27). The first kappa shape index (κ1) is 18.8. The minimum absolute atomic E-state index is 0.0264. The van der Waals surface area contributed by atoms with Gasteiger partial charge in [-0.1, -0.05) is 0 Å². The van der Waals surface area contributed by atoms with Crippen molar-refractivity contribution in [1.82, 2.24) is 15.1 Å². The van der Waals surface area contributed by atoms with Crippen LogP contribution in [0.25, 0.3) is 11.5 Å². The zero-order valence-electron chi connectivity index (χ0n) is 17.1. The molecule has 1 atom stereocenters. The van der Waals surface area contributed by atoms with Crippen LogP contribution in [0, 0.1) is 0 Å². The van der Waals surface area contributed by atoms with Gasteiger partial charge in [-0.05, 0) is 43.2 Å². The van der Waals surface area contributed by atoms with Crippen molar-refractivity contribution in [3.05, 3.63) is 42.3 Å². The van der Waals surface area contributed by atoms with E-state index in [-0.39, 0.29) is 25.5 Å². The third-order valence-electron chi connectivity index (χ3n) is 5.74. The quantitative estimate of drug-likeness (QED) is 0.663. The number of nitrogens with zero attached hydrogens (tertiary/aromatic N) is 3. The molecule has 10 heteroatoms. The topological polar surface area (TPSA) is 108 Å². The lowest BCUT2D eigenvalue weighted by Crippen LogP contribution is -2.41. The van der Waals surface area contributed by atoms with Crippen LogP contribution in [0.3, 0.4) is 0 Å². The highest BCUT2D eigenvalue weighted by atomic mass is 16.7. The number of anilines is 1. The van der Waals surface area contributed by atoms with Gasteiger partial charge in [-0.2, -0.15) is 0 Å². The molecular weight excluding hydrogens is 416 g/mol. The van der Waals surface area contributed by atoms with Crippen molar-refractivity contribution in [3.63, 3.8) is 0 Å². The number of nitrogens with one attached hydrogen (secondary N) is 1. The first-order chi connectivity index (χ1) is 15.7. The minimum Gasteiger partial charge on any atom is -0.454 e. The molecule has 1 N–H and O–H groups in total. The molecule has 3 aliphatic rings. The summed E-state index contributed by atoms with van der Waals surface area (Å²) in [7, 11) is 0. The van der Waals surface area contributed by atoms with Gasteiger partial charge < -0.3 is 33.6 Å². The van der Waals surface area contributed by atoms with Crippen molar-refractivity contribution < 1.29 is 28.2 Å². The number of aromatic nitrogens is 2. The van der Waals surface area contributed by atoms with Crippen LogP contribution >= 0.6 is 0 Å². The van der Waals surface area contributed by atoms with Crippen LogP contribution in [0.1, 0.15) is 24.7 Å². The van der Waals surface area contributed by atoms with E-state index >= 15 is 0 Å². The molecule has 2 amide bonds. The van der Waals surface area contributed by atoms with Crippen LogP contribution < -0.4 is 24.3 Å². The molecule has 0 radical (unpaired) electrons. The predicted molar refractivity (Wildman–Crippen MR) is 111 cm³/mol.